The van der Waals surface area contributed by atoms with E-state index in [0.717, 1.165) is 31.2 Å². The molecule has 0 spiro atoms. The first kappa shape index (κ1) is 18.1. The summed E-state index contributed by atoms with van der Waals surface area (Å²) in [7, 11) is -1.02. The maximum atomic E-state index is 12.2. The largest absolute Gasteiger partial charge is 0.379 e. The van der Waals surface area contributed by atoms with Gasteiger partial charge in [0, 0.05) is 41.4 Å². The molecule has 1 aliphatic rings. The van der Waals surface area contributed by atoms with Gasteiger partial charge in [-0.2, -0.15) is 0 Å². The standard InChI is InChI=1S/C17H26N2O3S/c1-13(2)23(21)16-6-4-15(5-7-16)17(20)18-12-14(3)19-8-10-22-11-9-19/h4-7,13-14H,8-12H2,1-3H3,(H,18,20). The lowest BCUT2D eigenvalue weighted by molar-refractivity contribution is 0.0204. The van der Waals surface area contributed by atoms with Gasteiger partial charge < -0.3 is 10.1 Å². The second-order valence-electron chi connectivity index (χ2n) is 6.08. The van der Waals surface area contributed by atoms with Gasteiger partial charge in [-0.15, -0.1) is 0 Å². The quantitative estimate of drug-likeness (QED) is 0.857. The number of rotatable bonds is 6. The summed E-state index contributed by atoms with van der Waals surface area (Å²) in [5.74, 6) is -0.0908. The normalized spacial score (nSPS) is 18.6. The van der Waals surface area contributed by atoms with E-state index in [-0.39, 0.29) is 17.2 Å². The first-order valence-corrected chi connectivity index (χ1v) is 9.31. The maximum Gasteiger partial charge on any atom is 0.251 e. The molecule has 0 bridgehead atoms. The molecule has 23 heavy (non-hydrogen) atoms. The fourth-order valence-corrected chi connectivity index (χ4v) is 3.45. The van der Waals surface area contributed by atoms with Crippen LogP contribution in [-0.2, 0) is 15.5 Å². The summed E-state index contributed by atoms with van der Waals surface area (Å²) in [6.07, 6.45) is 0. The van der Waals surface area contributed by atoms with E-state index < -0.39 is 10.8 Å². The fraction of sp³-hybridized carbons (Fsp3) is 0.588. The lowest BCUT2D eigenvalue weighted by Crippen LogP contribution is -2.47. The molecule has 0 aliphatic carbocycles. The van der Waals surface area contributed by atoms with Gasteiger partial charge in [0.05, 0.1) is 24.0 Å². The van der Waals surface area contributed by atoms with Gasteiger partial charge in [-0.3, -0.25) is 13.9 Å². The zero-order valence-electron chi connectivity index (χ0n) is 14.1. The average molecular weight is 338 g/mol. The molecule has 1 aliphatic heterocycles. The Balaban J connectivity index is 1.86. The van der Waals surface area contributed by atoms with Gasteiger partial charge in [-0.05, 0) is 31.2 Å². The number of amides is 1. The van der Waals surface area contributed by atoms with Crippen LogP contribution in [0.15, 0.2) is 29.2 Å². The Hall–Kier alpha value is -1.24. The summed E-state index contributed by atoms with van der Waals surface area (Å²) >= 11 is 0. The van der Waals surface area contributed by atoms with Crippen molar-refractivity contribution in [1.82, 2.24) is 10.2 Å². The van der Waals surface area contributed by atoms with Crippen molar-refractivity contribution in [3.05, 3.63) is 29.8 Å². The molecular weight excluding hydrogens is 312 g/mol. The van der Waals surface area contributed by atoms with Crippen molar-refractivity contribution in [1.29, 1.82) is 0 Å². The lowest BCUT2D eigenvalue weighted by Gasteiger charge is -2.32. The van der Waals surface area contributed by atoms with Crippen molar-refractivity contribution >= 4 is 16.7 Å². The molecular formula is C17H26N2O3S. The molecule has 0 aromatic heterocycles. The second-order valence-corrected chi connectivity index (χ2v) is 8.09. The fourth-order valence-electron chi connectivity index (χ4n) is 2.50. The van der Waals surface area contributed by atoms with E-state index in [4.69, 9.17) is 4.74 Å². The summed E-state index contributed by atoms with van der Waals surface area (Å²) in [6.45, 7) is 9.89. The van der Waals surface area contributed by atoms with Crippen LogP contribution in [0.3, 0.4) is 0 Å². The zero-order valence-corrected chi connectivity index (χ0v) is 14.9. The Labute approximate surface area is 140 Å². The topological polar surface area (TPSA) is 58.6 Å². The lowest BCUT2D eigenvalue weighted by atomic mass is 10.2. The van der Waals surface area contributed by atoms with Crippen LogP contribution in [0.4, 0.5) is 0 Å². The minimum absolute atomic E-state index is 0.0732. The first-order valence-electron chi connectivity index (χ1n) is 8.09. The molecule has 2 unspecified atom stereocenters. The Morgan fingerprint density at radius 1 is 1.22 bits per heavy atom. The summed E-state index contributed by atoms with van der Waals surface area (Å²) in [5.41, 5.74) is 0.601. The Morgan fingerprint density at radius 3 is 2.39 bits per heavy atom. The van der Waals surface area contributed by atoms with E-state index in [9.17, 15) is 9.00 Å². The molecule has 128 valence electrons. The van der Waals surface area contributed by atoms with Gasteiger partial charge in [0.25, 0.3) is 5.91 Å². The monoisotopic (exact) mass is 338 g/mol. The number of morpholine rings is 1. The van der Waals surface area contributed by atoms with Gasteiger partial charge >= 0.3 is 0 Å². The molecule has 1 aromatic rings. The molecule has 1 heterocycles. The highest BCUT2D eigenvalue weighted by Crippen LogP contribution is 2.12. The predicted octanol–water partition coefficient (Wildman–Crippen LogP) is 1.65. The second kappa shape index (κ2) is 8.57. The van der Waals surface area contributed by atoms with Crippen LogP contribution in [0, 0.1) is 0 Å². The molecule has 2 atom stereocenters. The van der Waals surface area contributed by atoms with Gasteiger partial charge in [-0.25, -0.2) is 0 Å². The van der Waals surface area contributed by atoms with E-state index >= 15 is 0 Å². The van der Waals surface area contributed by atoms with Crippen molar-refractivity contribution in [2.75, 3.05) is 32.8 Å². The van der Waals surface area contributed by atoms with E-state index in [1.807, 2.05) is 13.8 Å². The van der Waals surface area contributed by atoms with Crippen molar-refractivity contribution < 1.29 is 13.7 Å². The van der Waals surface area contributed by atoms with Crippen LogP contribution < -0.4 is 5.32 Å². The molecule has 6 heteroatoms. The van der Waals surface area contributed by atoms with Gasteiger partial charge in [-0.1, -0.05) is 13.8 Å². The van der Waals surface area contributed by atoms with E-state index in [1.54, 1.807) is 24.3 Å². The van der Waals surface area contributed by atoms with Crippen LogP contribution in [-0.4, -0.2) is 59.2 Å². The maximum absolute atomic E-state index is 12.2. The predicted molar refractivity (Wildman–Crippen MR) is 92.2 cm³/mol. The van der Waals surface area contributed by atoms with Crippen LogP contribution in [0.2, 0.25) is 0 Å². The number of nitrogens with one attached hydrogen (secondary N) is 1. The highest BCUT2D eigenvalue weighted by molar-refractivity contribution is 7.85. The van der Waals surface area contributed by atoms with Crippen LogP contribution in [0.5, 0.6) is 0 Å². The van der Waals surface area contributed by atoms with Crippen molar-refractivity contribution in [3.8, 4) is 0 Å². The number of carbonyl (C=O) groups excluding carboxylic acids is 1. The zero-order chi connectivity index (χ0) is 16.8. The highest BCUT2D eigenvalue weighted by Gasteiger charge is 2.18. The number of nitrogens with zero attached hydrogens (tertiary/aromatic N) is 1. The van der Waals surface area contributed by atoms with E-state index in [1.165, 1.54) is 0 Å². The Bertz CT molecular complexity index is 539. The average Bonchev–Trinajstić information content (AvgIpc) is 2.59. The first-order chi connectivity index (χ1) is 11.0. The smallest absolute Gasteiger partial charge is 0.251 e. The summed E-state index contributed by atoms with van der Waals surface area (Å²) in [4.78, 5) is 15.3. The molecule has 1 aromatic carbocycles. The molecule has 0 radical (unpaired) electrons. The molecule has 5 nitrogen and oxygen atoms in total. The third-order valence-corrected chi connectivity index (χ3v) is 5.60. The van der Waals surface area contributed by atoms with E-state index in [0.29, 0.717) is 12.1 Å². The number of benzene rings is 1. The van der Waals surface area contributed by atoms with Crippen LogP contribution >= 0.6 is 0 Å². The van der Waals surface area contributed by atoms with Gasteiger partial charge in [0.2, 0.25) is 0 Å². The number of ether oxygens (including phenoxy) is 1. The summed E-state index contributed by atoms with van der Waals surface area (Å²) < 4.78 is 17.3. The van der Waals surface area contributed by atoms with Crippen molar-refractivity contribution in [2.24, 2.45) is 0 Å². The Morgan fingerprint density at radius 2 is 1.83 bits per heavy atom. The third-order valence-electron chi connectivity index (χ3n) is 4.00. The van der Waals surface area contributed by atoms with Crippen molar-refractivity contribution in [2.45, 2.75) is 37.0 Å². The van der Waals surface area contributed by atoms with Gasteiger partial charge in [0.1, 0.15) is 0 Å². The molecule has 1 N–H and O–H groups in total. The van der Waals surface area contributed by atoms with Crippen LogP contribution in [0.1, 0.15) is 31.1 Å². The minimum Gasteiger partial charge on any atom is -0.379 e. The molecule has 1 fully saturated rings. The number of carbonyl (C=O) groups is 1. The number of hydrogen-bond acceptors (Lipinski definition) is 4. The van der Waals surface area contributed by atoms with Crippen molar-refractivity contribution in [3.63, 3.8) is 0 Å². The SMILES string of the molecule is CC(CNC(=O)c1ccc(S(=O)C(C)C)cc1)N1CCOCC1. The van der Waals surface area contributed by atoms with Crippen LogP contribution in [0.25, 0.3) is 0 Å². The third kappa shape index (κ3) is 5.12. The summed E-state index contributed by atoms with van der Waals surface area (Å²) in [5, 5.41) is 3.04. The molecule has 0 saturated carbocycles. The highest BCUT2D eigenvalue weighted by atomic mass is 32.2. The molecule has 1 saturated heterocycles. The summed E-state index contributed by atoms with van der Waals surface area (Å²) in [6, 6.07) is 7.32. The molecule has 2 rings (SSSR count). The molecule has 1 amide bonds. The van der Waals surface area contributed by atoms with E-state index in [2.05, 4.69) is 17.1 Å². The van der Waals surface area contributed by atoms with Gasteiger partial charge in [0.15, 0.2) is 0 Å². The minimum atomic E-state index is -1.02. The number of hydrogen-bond donors (Lipinski definition) is 1. The Kier molecular flexibility index (Phi) is 6.74.